The van der Waals surface area contributed by atoms with Crippen molar-refractivity contribution in [2.75, 3.05) is 26.2 Å². The third-order valence-corrected chi connectivity index (χ3v) is 4.47. The normalized spacial score (nSPS) is 25.8. The van der Waals surface area contributed by atoms with Crippen LogP contribution >= 0.6 is 12.4 Å². The quantitative estimate of drug-likeness (QED) is 0.886. The number of carbonyl (C=O) groups excluding carboxylic acids is 1. The van der Waals surface area contributed by atoms with Gasteiger partial charge in [-0.2, -0.15) is 0 Å². The van der Waals surface area contributed by atoms with Gasteiger partial charge in [0, 0.05) is 25.2 Å². The Morgan fingerprint density at radius 2 is 2.25 bits per heavy atom. The molecule has 1 unspecified atom stereocenters. The van der Waals surface area contributed by atoms with Gasteiger partial charge < -0.3 is 11.1 Å². The minimum atomic E-state index is -0.347. The number of nitrogens with two attached hydrogens (primary N) is 1. The molecule has 2 fully saturated rings. The molecule has 20 heavy (non-hydrogen) atoms. The highest BCUT2D eigenvalue weighted by Crippen LogP contribution is 2.36. The number of amides is 1. The average Bonchev–Trinajstić information content (AvgIpc) is 3.01. The van der Waals surface area contributed by atoms with E-state index in [1.165, 1.54) is 24.9 Å². The number of likely N-dealkylation sites (tertiary alicyclic amines) is 1. The van der Waals surface area contributed by atoms with Crippen LogP contribution in [0.2, 0.25) is 0 Å². The first-order chi connectivity index (χ1) is 9.17. The molecule has 1 spiro atoms. The van der Waals surface area contributed by atoms with E-state index in [2.05, 4.69) is 16.3 Å². The van der Waals surface area contributed by atoms with Gasteiger partial charge in [-0.25, -0.2) is 0 Å². The first-order valence-electron chi connectivity index (χ1n) is 6.99. The lowest BCUT2D eigenvalue weighted by molar-refractivity contribution is 0.1000. The predicted octanol–water partition coefficient (Wildman–Crippen LogP) is 1.39. The minimum Gasteiger partial charge on any atom is -0.366 e. The fourth-order valence-corrected chi connectivity index (χ4v) is 3.39. The number of carbonyl (C=O) groups is 1. The van der Waals surface area contributed by atoms with E-state index >= 15 is 0 Å². The highest BCUT2D eigenvalue weighted by Gasteiger charge is 2.39. The van der Waals surface area contributed by atoms with Gasteiger partial charge in [0.15, 0.2) is 0 Å². The smallest absolute Gasteiger partial charge is 0.248 e. The van der Waals surface area contributed by atoms with Crippen molar-refractivity contribution >= 4 is 18.3 Å². The van der Waals surface area contributed by atoms with E-state index in [1.807, 2.05) is 12.1 Å². The van der Waals surface area contributed by atoms with E-state index in [-0.39, 0.29) is 18.3 Å². The van der Waals surface area contributed by atoms with E-state index in [0.717, 1.165) is 26.2 Å². The van der Waals surface area contributed by atoms with Crippen LogP contribution in [0.25, 0.3) is 0 Å². The maximum Gasteiger partial charge on any atom is 0.248 e. The van der Waals surface area contributed by atoms with Crippen molar-refractivity contribution in [2.45, 2.75) is 19.4 Å². The summed E-state index contributed by atoms with van der Waals surface area (Å²) < 4.78 is 0. The van der Waals surface area contributed by atoms with Crippen LogP contribution in [-0.2, 0) is 6.54 Å². The van der Waals surface area contributed by atoms with Crippen LogP contribution in [0, 0.1) is 5.41 Å². The van der Waals surface area contributed by atoms with Gasteiger partial charge in [0.05, 0.1) is 0 Å². The van der Waals surface area contributed by atoms with Crippen LogP contribution in [0.1, 0.15) is 28.8 Å². The molecule has 1 aromatic carbocycles. The molecule has 4 nitrogen and oxygen atoms in total. The monoisotopic (exact) mass is 295 g/mol. The Morgan fingerprint density at radius 3 is 2.95 bits per heavy atom. The number of primary amides is 1. The molecule has 3 N–H and O–H groups in total. The number of hydrogen-bond acceptors (Lipinski definition) is 3. The fourth-order valence-electron chi connectivity index (χ4n) is 3.39. The van der Waals surface area contributed by atoms with E-state index < -0.39 is 0 Å². The van der Waals surface area contributed by atoms with Gasteiger partial charge in [-0.3, -0.25) is 9.69 Å². The maximum atomic E-state index is 11.2. The van der Waals surface area contributed by atoms with Gasteiger partial charge in [-0.15, -0.1) is 12.4 Å². The molecule has 2 saturated heterocycles. The van der Waals surface area contributed by atoms with Crippen LogP contribution < -0.4 is 11.1 Å². The lowest BCUT2D eigenvalue weighted by Gasteiger charge is -2.22. The lowest BCUT2D eigenvalue weighted by atomic mass is 9.86. The van der Waals surface area contributed by atoms with Crippen molar-refractivity contribution < 1.29 is 4.79 Å². The first kappa shape index (κ1) is 15.3. The van der Waals surface area contributed by atoms with Crippen molar-refractivity contribution in [3.05, 3.63) is 35.4 Å². The first-order valence-corrected chi connectivity index (χ1v) is 6.99. The molecule has 3 rings (SSSR count). The van der Waals surface area contributed by atoms with Crippen LogP contribution in [0.4, 0.5) is 0 Å². The second-order valence-electron chi connectivity index (χ2n) is 5.95. The van der Waals surface area contributed by atoms with Crippen LogP contribution in [0.3, 0.4) is 0 Å². The predicted molar refractivity (Wildman–Crippen MR) is 82.0 cm³/mol. The van der Waals surface area contributed by atoms with Gasteiger partial charge in [0.25, 0.3) is 0 Å². The van der Waals surface area contributed by atoms with Crippen molar-refractivity contribution in [3.63, 3.8) is 0 Å². The molecule has 2 aliphatic heterocycles. The van der Waals surface area contributed by atoms with E-state index in [4.69, 9.17) is 5.73 Å². The van der Waals surface area contributed by atoms with Gasteiger partial charge in [-0.1, -0.05) is 12.1 Å². The number of benzene rings is 1. The third-order valence-electron chi connectivity index (χ3n) is 4.47. The average molecular weight is 296 g/mol. The standard InChI is InChI=1S/C15H21N3O.ClH/c16-14(19)13-3-1-2-12(8-13)9-18-7-5-15(11-18)4-6-17-10-15;/h1-3,8,17H,4-7,9-11H2,(H2,16,19);1H. The highest BCUT2D eigenvalue weighted by atomic mass is 35.5. The van der Waals surface area contributed by atoms with Crippen molar-refractivity contribution in [1.82, 2.24) is 10.2 Å². The molecule has 0 aromatic heterocycles. The molecule has 110 valence electrons. The van der Waals surface area contributed by atoms with Crippen molar-refractivity contribution in [1.29, 1.82) is 0 Å². The summed E-state index contributed by atoms with van der Waals surface area (Å²) in [4.78, 5) is 13.7. The molecular formula is C15H22ClN3O. The Labute approximate surface area is 126 Å². The zero-order chi connectivity index (χ0) is 13.3. The zero-order valence-electron chi connectivity index (χ0n) is 11.6. The van der Waals surface area contributed by atoms with Crippen LogP contribution in [0.5, 0.6) is 0 Å². The van der Waals surface area contributed by atoms with Gasteiger partial charge >= 0.3 is 0 Å². The van der Waals surface area contributed by atoms with Gasteiger partial charge in [-0.05, 0) is 49.0 Å². The SMILES string of the molecule is Cl.NC(=O)c1cccc(CN2CCC3(CCNC3)C2)c1. The molecule has 1 amide bonds. The van der Waals surface area contributed by atoms with Crippen molar-refractivity contribution in [2.24, 2.45) is 11.1 Å². The Hall–Kier alpha value is -1.10. The molecule has 5 heteroatoms. The molecule has 0 radical (unpaired) electrons. The summed E-state index contributed by atoms with van der Waals surface area (Å²) in [7, 11) is 0. The Morgan fingerprint density at radius 1 is 1.40 bits per heavy atom. The molecule has 2 heterocycles. The molecule has 0 aliphatic carbocycles. The van der Waals surface area contributed by atoms with Gasteiger partial charge in [0.1, 0.15) is 0 Å². The molecule has 1 atom stereocenters. The summed E-state index contributed by atoms with van der Waals surface area (Å²) in [5, 5.41) is 3.48. The molecule has 0 saturated carbocycles. The highest BCUT2D eigenvalue weighted by molar-refractivity contribution is 5.92. The molecule has 1 aromatic rings. The van der Waals surface area contributed by atoms with E-state index in [0.29, 0.717) is 11.0 Å². The molecule has 2 aliphatic rings. The summed E-state index contributed by atoms with van der Waals surface area (Å²) >= 11 is 0. The maximum absolute atomic E-state index is 11.2. The lowest BCUT2D eigenvalue weighted by Crippen LogP contribution is -2.29. The number of rotatable bonds is 3. The largest absolute Gasteiger partial charge is 0.366 e. The third kappa shape index (κ3) is 3.14. The summed E-state index contributed by atoms with van der Waals surface area (Å²) in [6.45, 7) is 5.56. The zero-order valence-corrected chi connectivity index (χ0v) is 12.4. The molecule has 0 bridgehead atoms. The van der Waals surface area contributed by atoms with Crippen molar-refractivity contribution in [3.8, 4) is 0 Å². The second kappa shape index (κ2) is 6.12. The van der Waals surface area contributed by atoms with E-state index in [9.17, 15) is 4.79 Å². The second-order valence-corrected chi connectivity index (χ2v) is 5.95. The number of nitrogens with zero attached hydrogens (tertiary/aromatic N) is 1. The minimum absolute atomic E-state index is 0. The van der Waals surface area contributed by atoms with E-state index in [1.54, 1.807) is 6.07 Å². The summed E-state index contributed by atoms with van der Waals surface area (Å²) in [6, 6.07) is 7.68. The number of nitrogens with one attached hydrogen (secondary N) is 1. The summed E-state index contributed by atoms with van der Waals surface area (Å²) in [5.74, 6) is -0.347. The fraction of sp³-hybridized carbons (Fsp3) is 0.533. The topological polar surface area (TPSA) is 58.4 Å². The Bertz CT molecular complexity index is 486. The summed E-state index contributed by atoms with van der Waals surface area (Å²) in [6.07, 6.45) is 2.58. The van der Waals surface area contributed by atoms with Crippen LogP contribution in [0.15, 0.2) is 24.3 Å². The number of hydrogen-bond donors (Lipinski definition) is 2. The Balaban J connectivity index is 0.00000147. The van der Waals surface area contributed by atoms with Crippen LogP contribution in [-0.4, -0.2) is 37.0 Å². The number of halogens is 1. The summed E-state index contributed by atoms with van der Waals surface area (Å²) in [5.41, 5.74) is 7.61. The Kier molecular flexibility index (Phi) is 4.68. The molecular weight excluding hydrogens is 274 g/mol. The van der Waals surface area contributed by atoms with Gasteiger partial charge in [0.2, 0.25) is 5.91 Å².